The van der Waals surface area contributed by atoms with Gasteiger partial charge in [0.2, 0.25) is 11.5 Å². The Morgan fingerprint density at radius 3 is 2.40 bits per heavy atom. The van der Waals surface area contributed by atoms with Crippen molar-refractivity contribution in [3.8, 4) is 0 Å². The van der Waals surface area contributed by atoms with Crippen molar-refractivity contribution >= 4 is 14.3 Å². The van der Waals surface area contributed by atoms with Gasteiger partial charge in [0.05, 0.1) is 7.11 Å². The second-order valence-electron chi connectivity index (χ2n) is 10.3. The number of rotatable bonds is 4. The van der Waals surface area contributed by atoms with E-state index >= 15 is 0 Å². The van der Waals surface area contributed by atoms with Crippen LogP contribution in [-0.2, 0) is 18.7 Å². The SMILES string of the molecule is COC(=O)C1=C[C@H](c2ccccc2)[C@@H]2CCCCCC[C@]2(O[Si](C)(C)C(C)(C)C)O1. The summed E-state index contributed by atoms with van der Waals surface area (Å²) in [5, 5.41) is 0.0485. The van der Waals surface area contributed by atoms with E-state index in [1.807, 2.05) is 12.1 Å². The average Bonchev–Trinajstić information content (AvgIpc) is 2.68. The highest BCUT2D eigenvalue weighted by Gasteiger charge is 2.55. The molecule has 0 N–H and O–H groups in total. The van der Waals surface area contributed by atoms with Crippen LogP contribution in [0.4, 0.5) is 0 Å². The van der Waals surface area contributed by atoms with Crippen molar-refractivity contribution in [2.24, 2.45) is 5.92 Å². The van der Waals surface area contributed by atoms with Crippen molar-refractivity contribution in [3.05, 3.63) is 47.7 Å². The third kappa shape index (κ3) is 4.67. The fourth-order valence-electron chi connectivity index (χ4n) is 4.52. The summed E-state index contributed by atoms with van der Waals surface area (Å²) in [6.45, 7) is 11.3. The molecule has 0 amide bonds. The summed E-state index contributed by atoms with van der Waals surface area (Å²) in [6, 6.07) is 10.5. The van der Waals surface area contributed by atoms with Gasteiger partial charge >= 0.3 is 5.97 Å². The molecule has 5 heteroatoms. The van der Waals surface area contributed by atoms with Gasteiger partial charge in [0.1, 0.15) is 0 Å². The molecular weight excluding hydrogens is 392 g/mol. The summed E-state index contributed by atoms with van der Waals surface area (Å²) in [5.41, 5.74) is 1.20. The van der Waals surface area contributed by atoms with Crippen LogP contribution in [-0.4, -0.2) is 27.2 Å². The quantitative estimate of drug-likeness (QED) is 0.401. The third-order valence-electron chi connectivity index (χ3n) is 7.21. The molecule has 3 rings (SSSR count). The lowest BCUT2D eigenvalue weighted by Crippen LogP contribution is -2.57. The maximum Gasteiger partial charge on any atom is 0.373 e. The van der Waals surface area contributed by atoms with Gasteiger partial charge in [-0.15, -0.1) is 0 Å². The molecule has 0 radical (unpaired) electrons. The van der Waals surface area contributed by atoms with E-state index in [9.17, 15) is 4.79 Å². The van der Waals surface area contributed by atoms with E-state index in [1.54, 1.807) is 0 Å². The number of hydrogen-bond acceptors (Lipinski definition) is 4. The molecule has 166 valence electrons. The normalized spacial score (nSPS) is 27.7. The van der Waals surface area contributed by atoms with Crippen molar-refractivity contribution in [1.29, 1.82) is 0 Å². The van der Waals surface area contributed by atoms with Crippen molar-refractivity contribution in [2.75, 3.05) is 7.11 Å². The molecule has 0 bridgehead atoms. The fraction of sp³-hybridized carbons (Fsp3) is 0.640. The predicted molar refractivity (Wildman–Crippen MR) is 123 cm³/mol. The molecule has 1 saturated carbocycles. The van der Waals surface area contributed by atoms with Gasteiger partial charge in [0, 0.05) is 18.3 Å². The highest BCUT2D eigenvalue weighted by Crippen LogP contribution is 2.52. The lowest BCUT2D eigenvalue weighted by atomic mass is 9.73. The third-order valence-corrected chi connectivity index (χ3v) is 11.7. The summed E-state index contributed by atoms with van der Waals surface area (Å²) >= 11 is 0. The molecule has 30 heavy (non-hydrogen) atoms. The van der Waals surface area contributed by atoms with Crippen molar-refractivity contribution in [3.63, 3.8) is 0 Å². The Balaban J connectivity index is 2.13. The van der Waals surface area contributed by atoms with Gasteiger partial charge in [-0.05, 0) is 42.6 Å². The number of esters is 1. The Morgan fingerprint density at radius 1 is 1.10 bits per heavy atom. The molecule has 1 aromatic carbocycles. The van der Waals surface area contributed by atoms with E-state index in [1.165, 1.54) is 25.5 Å². The second kappa shape index (κ2) is 8.87. The van der Waals surface area contributed by atoms with E-state index in [-0.39, 0.29) is 16.9 Å². The number of hydrogen-bond donors (Lipinski definition) is 0. The zero-order valence-corrected chi connectivity index (χ0v) is 20.5. The fourth-order valence-corrected chi connectivity index (χ4v) is 5.99. The van der Waals surface area contributed by atoms with Crippen molar-refractivity contribution < 1.29 is 18.7 Å². The first-order chi connectivity index (χ1) is 14.1. The average molecular weight is 431 g/mol. The Hall–Kier alpha value is -1.59. The number of allylic oxidation sites excluding steroid dienone is 1. The predicted octanol–water partition coefficient (Wildman–Crippen LogP) is 6.55. The molecule has 1 aliphatic heterocycles. The molecule has 4 nitrogen and oxygen atoms in total. The number of carbonyl (C=O) groups is 1. The first-order valence-electron chi connectivity index (χ1n) is 11.3. The van der Waals surface area contributed by atoms with Crippen LogP contribution in [0.15, 0.2) is 42.2 Å². The Kier molecular flexibility index (Phi) is 6.83. The standard InChI is InChI=1S/C25H38O4Si/c1-24(2,3)30(5,6)29-25-17-13-8-7-12-16-21(25)20(19-14-10-9-11-15-19)18-22(28-25)23(26)27-4/h9-11,14-15,18,20-21H,7-8,12-13,16-17H2,1-6H3/t20-,21+,25-/m1/s1. The lowest BCUT2D eigenvalue weighted by molar-refractivity contribution is -0.226. The maximum atomic E-state index is 12.6. The maximum absolute atomic E-state index is 12.6. The zero-order valence-electron chi connectivity index (χ0n) is 19.5. The van der Waals surface area contributed by atoms with Gasteiger partial charge in [-0.2, -0.15) is 0 Å². The topological polar surface area (TPSA) is 44.8 Å². The van der Waals surface area contributed by atoms with Gasteiger partial charge in [-0.1, -0.05) is 70.4 Å². The van der Waals surface area contributed by atoms with Crippen LogP contribution in [0.1, 0.15) is 70.8 Å². The van der Waals surface area contributed by atoms with E-state index in [0.717, 1.165) is 25.7 Å². The molecule has 0 saturated heterocycles. The first kappa shape index (κ1) is 23.1. The smallest absolute Gasteiger partial charge is 0.373 e. The minimum Gasteiger partial charge on any atom is -0.463 e. The summed E-state index contributed by atoms with van der Waals surface area (Å²) in [4.78, 5) is 12.6. The molecule has 1 aromatic rings. The largest absolute Gasteiger partial charge is 0.463 e. The van der Waals surface area contributed by atoms with Crippen LogP contribution in [0, 0.1) is 5.92 Å². The van der Waals surface area contributed by atoms with Crippen LogP contribution < -0.4 is 0 Å². The summed E-state index contributed by atoms with van der Waals surface area (Å²) in [5.74, 6) is -0.682. The molecular formula is C25H38O4Si. The van der Waals surface area contributed by atoms with Gasteiger partial charge in [0.25, 0.3) is 0 Å². The van der Waals surface area contributed by atoms with Crippen LogP contribution in [0.5, 0.6) is 0 Å². The van der Waals surface area contributed by atoms with Crippen LogP contribution >= 0.6 is 0 Å². The molecule has 0 spiro atoms. The zero-order chi connectivity index (χ0) is 22.0. The van der Waals surface area contributed by atoms with Crippen LogP contribution in [0.25, 0.3) is 0 Å². The minimum absolute atomic E-state index is 0.0485. The Bertz CT molecular complexity index is 765. The highest BCUT2D eigenvalue weighted by molar-refractivity contribution is 6.74. The van der Waals surface area contributed by atoms with Crippen LogP contribution in [0.2, 0.25) is 18.1 Å². The van der Waals surface area contributed by atoms with E-state index < -0.39 is 20.1 Å². The Labute approximate surface area is 183 Å². The molecule has 1 heterocycles. The number of carbonyl (C=O) groups excluding carboxylic acids is 1. The van der Waals surface area contributed by atoms with Gasteiger partial charge in [0.15, 0.2) is 8.32 Å². The van der Waals surface area contributed by atoms with Gasteiger partial charge in [-0.25, -0.2) is 4.79 Å². The second-order valence-corrected chi connectivity index (χ2v) is 15.0. The number of fused-ring (bicyclic) bond motifs is 1. The highest BCUT2D eigenvalue weighted by atomic mass is 28.4. The van der Waals surface area contributed by atoms with Crippen LogP contribution in [0.3, 0.4) is 0 Å². The number of methoxy groups -OCH3 is 1. The lowest BCUT2D eigenvalue weighted by Gasteiger charge is -2.52. The number of ether oxygens (including phenoxy) is 2. The van der Waals surface area contributed by atoms with Crippen molar-refractivity contribution in [2.45, 2.75) is 89.1 Å². The van der Waals surface area contributed by atoms with Gasteiger partial charge < -0.3 is 13.9 Å². The summed E-state index contributed by atoms with van der Waals surface area (Å²) in [7, 11) is -0.746. The number of benzene rings is 1. The van der Waals surface area contributed by atoms with E-state index in [2.05, 4.69) is 58.1 Å². The summed E-state index contributed by atoms with van der Waals surface area (Å²) in [6.07, 6.45) is 8.41. The molecule has 0 unspecified atom stereocenters. The molecule has 3 atom stereocenters. The molecule has 0 aromatic heterocycles. The van der Waals surface area contributed by atoms with E-state index in [4.69, 9.17) is 13.9 Å². The molecule has 1 fully saturated rings. The van der Waals surface area contributed by atoms with E-state index in [0.29, 0.717) is 5.76 Å². The first-order valence-corrected chi connectivity index (χ1v) is 14.2. The molecule has 2 aliphatic rings. The summed E-state index contributed by atoms with van der Waals surface area (Å²) < 4.78 is 18.7. The minimum atomic E-state index is -2.16. The van der Waals surface area contributed by atoms with Gasteiger partial charge in [-0.3, -0.25) is 0 Å². The monoisotopic (exact) mass is 430 g/mol. The molecule has 1 aliphatic carbocycles. The van der Waals surface area contributed by atoms with Crippen molar-refractivity contribution in [1.82, 2.24) is 0 Å². The Morgan fingerprint density at radius 2 is 1.77 bits per heavy atom.